The summed E-state index contributed by atoms with van der Waals surface area (Å²) in [6, 6.07) is 28.4. The fourth-order valence-electron chi connectivity index (χ4n) is 6.01. The molecule has 1 N–H and O–H groups in total. The lowest BCUT2D eigenvalue weighted by atomic mass is 9.84. The van der Waals surface area contributed by atoms with Crippen molar-refractivity contribution in [3.05, 3.63) is 112 Å². The Morgan fingerprint density at radius 3 is 1.93 bits per heavy atom. The molecule has 0 spiro atoms. The van der Waals surface area contributed by atoms with Crippen molar-refractivity contribution < 1.29 is 5.11 Å². The van der Waals surface area contributed by atoms with Gasteiger partial charge >= 0.3 is 0 Å². The molecule has 0 fully saturated rings. The minimum atomic E-state index is 0.406. The van der Waals surface area contributed by atoms with Crippen LogP contribution in [0.4, 0.5) is 0 Å². The standard InChI is InChI=1S/C39H50N2O/c1-27(2)35-15-12-16-36(28(3)4)38(35)34-23-29(5)21-31(25-34)26-41(20-19-40(7)8)18-17-33-22-30(6)24-37(39(33)42)32-13-10-9-11-14-32/h9-16,21-25,27-28,42H,17-20,26H2,1-8H3. The minimum Gasteiger partial charge on any atom is -0.507 e. The molecule has 42 heavy (non-hydrogen) atoms. The van der Waals surface area contributed by atoms with E-state index in [1.165, 1.54) is 38.9 Å². The maximum Gasteiger partial charge on any atom is 0.126 e. The number of rotatable bonds is 12. The van der Waals surface area contributed by atoms with Gasteiger partial charge in [-0.25, -0.2) is 0 Å². The lowest BCUT2D eigenvalue weighted by Crippen LogP contribution is -2.33. The number of benzene rings is 4. The van der Waals surface area contributed by atoms with Crippen LogP contribution in [0.2, 0.25) is 0 Å². The molecule has 0 unspecified atom stereocenters. The summed E-state index contributed by atoms with van der Waals surface area (Å²) in [7, 11) is 4.27. The maximum atomic E-state index is 11.3. The van der Waals surface area contributed by atoms with Crippen LogP contribution in [0.25, 0.3) is 22.3 Å². The van der Waals surface area contributed by atoms with Crippen LogP contribution in [-0.2, 0) is 13.0 Å². The Morgan fingerprint density at radius 2 is 1.31 bits per heavy atom. The quantitative estimate of drug-likeness (QED) is 0.186. The molecule has 0 amide bonds. The van der Waals surface area contributed by atoms with Crippen LogP contribution in [0.1, 0.15) is 72.9 Å². The van der Waals surface area contributed by atoms with E-state index in [9.17, 15) is 5.11 Å². The summed E-state index contributed by atoms with van der Waals surface area (Å²) in [5.74, 6) is 1.33. The van der Waals surface area contributed by atoms with Gasteiger partial charge in [-0.15, -0.1) is 0 Å². The first-order chi connectivity index (χ1) is 20.0. The van der Waals surface area contributed by atoms with Crippen LogP contribution in [0.3, 0.4) is 0 Å². The van der Waals surface area contributed by atoms with E-state index in [4.69, 9.17) is 0 Å². The summed E-state index contributed by atoms with van der Waals surface area (Å²) >= 11 is 0. The molecule has 0 aliphatic carbocycles. The zero-order valence-electron chi connectivity index (χ0n) is 27.0. The highest BCUT2D eigenvalue weighted by molar-refractivity contribution is 5.74. The van der Waals surface area contributed by atoms with Crippen LogP contribution in [0.15, 0.2) is 78.9 Å². The Balaban J connectivity index is 1.64. The number of phenols is 1. The summed E-state index contributed by atoms with van der Waals surface area (Å²) < 4.78 is 0. The molecular formula is C39H50N2O. The molecule has 0 radical (unpaired) electrons. The topological polar surface area (TPSA) is 26.7 Å². The Bertz CT molecular complexity index is 1440. The van der Waals surface area contributed by atoms with Gasteiger partial charge in [-0.2, -0.15) is 0 Å². The molecule has 0 atom stereocenters. The Kier molecular flexibility index (Phi) is 10.6. The Hall–Kier alpha value is -3.40. The van der Waals surface area contributed by atoms with Gasteiger partial charge in [-0.3, -0.25) is 4.90 Å². The monoisotopic (exact) mass is 562 g/mol. The molecule has 222 valence electrons. The molecule has 0 aliphatic rings. The van der Waals surface area contributed by atoms with E-state index in [0.29, 0.717) is 17.6 Å². The molecule has 3 nitrogen and oxygen atoms in total. The largest absolute Gasteiger partial charge is 0.507 e. The van der Waals surface area contributed by atoms with Crippen molar-refractivity contribution in [3.8, 4) is 28.0 Å². The number of aromatic hydroxyl groups is 1. The zero-order chi connectivity index (χ0) is 30.4. The van der Waals surface area contributed by atoms with E-state index in [-0.39, 0.29) is 0 Å². The van der Waals surface area contributed by atoms with E-state index in [2.05, 4.69) is 126 Å². The first kappa shape index (κ1) is 31.5. The van der Waals surface area contributed by atoms with Gasteiger partial charge in [0.1, 0.15) is 5.75 Å². The summed E-state index contributed by atoms with van der Waals surface area (Å²) in [6.07, 6.45) is 0.799. The lowest BCUT2D eigenvalue weighted by molar-refractivity contribution is 0.235. The van der Waals surface area contributed by atoms with Crippen molar-refractivity contribution in [2.24, 2.45) is 0 Å². The van der Waals surface area contributed by atoms with E-state index < -0.39 is 0 Å². The third kappa shape index (κ3) is 7.91. The summed E-state index contributed by atoms with van der Waals surface area (Å²) in [5.41, 5.74) is 12.4. The van der Waals surface area contributed by atoms with E-state index >= 15 is 0 Å². The van der Waals surface area contributed by atoms with Crippen molar-refractivity contribution >= 4 is 0 Å². The number of aryl methyl sites for hydroxylation is 2. The molecule has 0 aromatic heterocycles. The van der Waals surface area contributed by atoms with Crippen LogP contribution in [-0.4, -0.2) is 48.6 Å². The van der Waals surface area contributed by atoms with Crippen LogP contribution in [0, 0.1) is 13.8 Å². The second-order valence-electron chi connectivity index (χ2n) is 12.8. The van der Waals surface area contributed by atoms with Crippen molar-refractivity contribution in [2.45, 2.75) is 66.3 Å². The lowest BCUT2D eigenvalue weighted by Gasteiger charge is -2.26. The highest BCUT2D eigenvalue weighted by Crippen LogP contribution is 2.37. The molecule has 4 rings (SSSR count). The maximum absolute atomic E-state index is 11.3. The average Bonchev–Trinajstić information content (AvgIpc) is 2.95. The van der Waals surface area contributed by atoms with Crippen molar-refractivity contribution in [2.75, 3.05) is 33.7 Å². The SMILES string of the molecule is Cc1cc(CN(CCc2cc(C)cc(-c3ccccc3)c2O)CCN(C)C)cc(-c2c(C(C)C)cccc2C(C)C)c1. The average molecular weight is 563 g/mol. The smallest absolute Gasteiger partial charge is 0.126 e. The van der Waals surface area contributed by atoms with Gasteiger partial charge in [0, 0.05) is 31.7 Å². The highest BCUT2D eigenvalue weighted by atomic mass is 16.3. The summed E-state index contributed by atoms with van der Waals surface area (Å²) in [4.78, 5) is 4.79. The second kappa shape index (κ2) is 14.2. The van der Waals surface area contributed by atoms with Gasteiger partial charge in [0.2, 0.25) is 0 Å². The third-order valence-corrected chi connectivity index (χ3v) is 8.18. The van der Waals surface area contributed by atoms with Crippen LogP contribution < -0.4 is 0 Å². The molecule has 0 bridgehead atoms. The minimum absolute atomic E-state index is 0.406. The van der Waals surface area contributed by atoms with Crippen molar-refractivity contribution in [1.82, 2.24) is 9.80 Å². The second-order valence-corrected chi connectivity index (χ2v) is 12.8. The number of likely N-dealkylation sites (N-methyl/N-ethyl adjacent to an activating group) is 1. The molecule has 0 aliphatic heterocycles. The van der Waals surface area contributed by atoms with Crippen molar-refractivity contribution in [3.63, 3.8) is 0 Å². The van der Waals surface area contributed by atoms with Gasteiger partial charge in [0.25, 0.3) is 0 Å². The zero-order valence-corrected chi connectivity index (χ0v) is 27.0. The number of nitrogens with zero attached hydrogens (tertiary/aromatic N) is 2. The summed E-state index contributed by atoms with van der Waals surface area (Å²) in [5, 5.41) is 11.3. The normalized spacial score (nSPS) is 11.8. The van der Waals surface area contributed by atoms with E-state index in [1.54, 1.807) is 0 Å². The van der Waals surface area contributed by atoms with E-state index in [1.807, 2.05) is 18.2 Å². The highest BCUT2D eigenvalue weighted by Gasteiger charge is 2.18. The summed E-state index contributed by atoms with van der Waals surface area (Å²) in [6.45, 7) is 17.2. The number of hydrogen-bond donors (Lipinski definition) is 1. The van der Waals surface area contributed by atoms with Gasteiger partial charge in [0.15, 0.2) is 0 Å². The first-order valence-electron chi connectivity index (χ1n) is 15.5. The predicted octanol–water partition coefficient (Wildman–Crippen LogP) is 9.20. The molecule has 4 aromatic carbocycles. The Morgan fingerprint density at radius 1 is 0.667 bits per heavy atom. The van der Waals surface area contributed by atoms with Gasteiger partial charge in [0.05, 0.1) is 0 Å². The van der Waals surface area contributed by atoms with Crippen LogP contribution in [0.5, 0.6) is 5.75 Å². The number of hydrogen-bond acceptors (Lipinski definition) is 3. The van der Waals surface area contributed by atoms with Crippen molar-refractivity contribution in [1.29, 1.82) is 0 Å². The first-order valence-corrected chi connectivity index (χ1v) is 15.5. The van der Waals surface area contributed by atoms with Gasteiger partial charge in [-0.1, -0.05) is 100.0 Å². The molecule has 0 heterocycles. The predicted molar refractivity (Wildman–Crippen MR) is 181 cm³/mol. The molecule has 4 aromatic rings. The Labute approximate surface area is 254 Å². The molecule has 3 heteroatoms. The van der Waals surface area contributed by atoms with Gasteiger partial charge in [-0.05, 0) is 103 Å². The molecule has 0 saturated heterocycles. The fourth-order valence-corrected chi connectivity index (χ4v) is 6.01. The fraction of sp³-hybridized carbons (Fsp3) is 0.385. The van der Waals surface area contributed by atoms with Gasteiger partial charge < -0.3 is 10.0 Å². The third-order valence-electron chi connectivity index (χ3n) is 8.18. The molecular weight excluding hydrogens is 512 g/mol. The number of phenolic OH excluding ortho intramolecular Hbond substituents is 1. The van der Waals surface area contributed by atoms with Crippen LogP contribution >= 0.6 is 0 Å². The molecule has 0 saturated carbocycles. The van der Waals surface area contributed by atoms with E-state index in [0.717, 1.165) is 49.3 Å².